The highest BCUT2D eigenvalue weighted by atomic mass is 16.6. The lowest BCUT2D eigenvalue weighted by Gasteiger charge is -2.35. The lowest BCUT2D eigenvalue weighted by molar-refractivity contribution is -0.385. The first-order valence-electron chi connectivity index (χ1n) is 10.3. The zero-order valence-corrected chi connectivity index (χ0v) is 17.3. The van der Waals surface area contributed by atoms with Crippen molar-refractivity contribution < 1.29 is 24.0 Å². The molecule has 2 aromatic carbocycles. The van der Waals surface area contributed by atoms with Crippen LogP contribution in [0.15, 0.2) is 48.5 Å². The zero-order valence-electron chi connectivity index (χ0n) is 17.3. The van der Waals surface area contributed by atoms with Gasteiger partial charge in [0.25, 0.3) is 17.5 Å². The quantitative estimate of drug-likeness (QED) is 0.365. The van der Waals surface area contributed by atoms with Gasteiger partial charge >= 0.3 is 0 Å². The summed E-state index contributed by atoms with van der Waals surface area (Å²) in [4.78, 5) is 53.0. The maximum Gasteiger partial charge on any atom is 0.282 e. The van der Waals surface area contributed by atoms with Crippen molar-refractivity contribution in [1.82, 2.24) is 14.7 Å². The van der Waals surface area contributed by atoms with Crippen LogP contribution in [0.25, 0.3) is 0 Å². The lowest BCUT2D eigenvalue weighted by Crippen LogP contribution is -2.52. The zero-order chi connectivity index (χ0) is 22.7. The minimum absolute atomic E-state index is 0.0414. The first-order chi connectivity index (χ1) is 15.5. The number of para-hydroxylation sites is 1. The number of nitro benzene ring substituents is 1. The summed E-state index contributed by atoms with van der Waals surface area (Å²) in [5, 5.41) is 11.2. The minimum atomic E-state index is -0.803. The highest BCUT2D eigenvalue weighted by molar-refractivity contribution is 6.24. The first-order valence-corrected chi connectivity index (χ1v) is 10.3. The van der Waals surface area contributed by atoms with Crippen LogP contribution in [0.1, 0.15) is 20.7 Å². The molecule has 3 amide bonds. The summed E-state index contributed by atoms with van der Waals surface area (Å²) >= 11 is 0. The van der Waals surface area contributed by atoms with Gasteiger partial charge in [-0.25, -0.2) is 0 Å². The van der Waals surface area contributed by atoms with Gasteiger partial charge in [0.2, 0.25) is 5.91 Å². The molecule has 1 fully saturated rings. The van der Waals surface area contributed by atoms with Gasteiger partial charge in [-0.05, 0) is 18.2 Å². The van der Waals surface area contributed by atoms with Gasteiger partial charge in [0, 0.05) is 38.8 Å². The molecule has 0 N–H and O–H groups in total. The molecule has 32 heavy (non-hydrogen) atoms. The molecule has 2 aliphatic heterocycles. The predicted octanol–water partition coefficient (Wildman–Crippen LogP) is 1.41. The van der Waals surface area contributed by atoms with E-state index < -0.39 is 29.0 Å². The van der Waals surface area contributed by atoms with E-state index in [4.69, 9.17) is 4.74 Å². The fourth-order valence-electron chi connectivity index (χ4n) is 3.88. The summed E-state index contributed by atoms with van der Waals surface area (Å²) in [5.41, 5.74) is -0.721. The number of imide groups is 1. The van der Waals surface area contributed by atoms with Crippen LogP contribution >= 0.6 is 0 Å². The van der Waals surface area contributed by atoms with E-state index >= 15 is 0 Å². The van der Waals surface area contributed by atoms with Crippen LogP contribution in [0.3, 0.4) is 0 Å². The third-order valence-electron chi connectivity index (χ3n) is 5.61. The summed E-state index contributed by atoms with van der Waals surface area (Å²) in [6, 6.07) is 13.4. The molecule has 0 unspecified atom stereocenters. The average molecular weight is 438 g/mol. The Kier molecular flexibility index (Phi) is 6.13. The number of piperazine rings is 1. The molecule has 10 heteroatoms. The van der Waals surface area contributed by atoms with E-state index in [1.165, 1.54) is 18.2 Å². The van der Waals surface area contributed by atoms with Crippen molar-refractivity contribution in [2.45, 2.75) is 0 Å². The lowest BCUT2D eigenvalue weighted by atomic mass is 10.1. The number of fused-ring (bicyclic) bond motifs is 1. The van der Waals surface area contributed by atoms with E-state index in [-0.39, 0.29) is 17.0 Å². The second-order valence-corrected chi connectivity index (χ2v) is 7.54. The second-order valence-electron chi connectivity index (χ2n) is 7.54. The van der Waals surface area contributed by atoms with Crippen LogP contribution in [0.2, 0.25) is 0 Å². The first kappa shape index (κ1) is 21.4. The number of rotatable bonds is 7. The number of hydrogen-bond donors (Lipinski definition) is 0. The summed E-state index contributed by atoms with van der Waals surface area (Å²) in [6.07, 6.45) is 0. The Bertz CT molecular complexity index is 1050. The molecule has 0 atom stereocenters. The Labute approximate surface area is 184 Å². The third kappa shape index (κ3) is 4.30. The van der Waals surface area contributed by atoms with Gasteiger partial charge < -0.3 is 9.64 Å². The molecule has 2 aliphatic rings. The van der Waals surface area contributed by atoms with Crippen molar-refractivity contribution in [3.8, 4) is 5.75 Å². The van der Waals surface area contributed by atoms with Crippen LogP contribution in [0.4, 0.5) is 5.69 Å². The monoisotopic (exact) mass is 438 g/mol. The Morgan fingerprint density at radius 3 is 2.38 bits per heavy atom. The summed E-state index contributed by atoms with van der Waals surface area (Å²) in [6.45, 7) is 3.06. The molecule has 0 bridgehead atoms. The molecule has 2 heterocycles. The van der Waals surface area contributed by atoms with Gasteiger partial charge in [-0.15, -0.1) is 0 Å². The Hall–Kier alpha value is -3.79. The van der Waals surface area contributed by atoms with Crippen LogP contribution in [0, 0.1) is 10.1 Å². The largest absolute Gasteiger partial charge is 0.492 e. The molecule has 2 aromatic rings. The molecule has 10 nitrogen and oxygen atoms in total. The highest BCUT2D eigenvalue weighted by Crippen LogP contribution is 2.30. The Balaban J connectivity index is 1.29. The molecule has 1 saturated heterocycles. The number of nitrogens with zero attached hydrogens (tertiary/aromatic N) is 4. The maximum atomic E-state index is 12.7. The van der Waals surface area contributed by atoms with E-state index in [0.29, 0.717) is 32.8 Å². The van der Waals surface area contributed by atoms with Gasteiger partial charge in [0.1, 0.15) is 24.5 Å². The molecule has 0 aromatic heterocycles. The minimum Gasteiger partial charge on any atom is -0.492 e. The number of carbonyl (C=O) groups excluding carboxylic acids is 3. The van der Waals surface area contributed by atoms with Gasteiger partial charge in [0.05, 0.1) is 10.5 Å². The summed E-state index contributed by atoms with van der Waals surface area (Å²) in [5.74, 6) is -1.04. The predicted molar refractivity (Wildman–Crippen MR) is 113 cm³/mol. The van der Waals surface area contributed by atoms with Gasteiger partial charge in [-0.1, -0.05) is 24.3 Å². The van der Waals surface area contributed by atoms with Gasteiger partial charge in [-0.2, -0.15) is 0 Å². The number of ether oxygens (including phenoxy) is 1. The fraction of sp³-hybridized carbons (Fsp3) is 0.318. The van der Waals surface area contributed by atoms with Crippen molar-refractivity contribution >= 4 is 23.4 Å². The number of benzene rings is 2. The standard InChI is InChI=1S/C22H22N4O6/c27-19(15-25-21(28)17-7-4-8-18(26(30)31)20(17)22(25)29)24-11-9-23(10-12-24)13-14-32-16-5-2-1-3-6-16/h1-8H,9-15H2. The number of nitro groups is 1. The topological polar surface area (TPSA) is 113 Å². The van der Waals surface area contributed by atoms with Crippen LogP contribution in [-0.2, 0) is 4.79 Å². The second kappa shape index (κ2) is 9.15. The van der Waals surface area contributed by atoms with Crippen LogP contribution < -0.4 is 4.74 Å². The van der Waals surface area contributed by atoms with Crippen LogP contribution in [-0.4, -0.2) is 83.2 Å². The fourth-order valence-corrected chi connectivity index (χ4v) is 3.88. The maximum absolute atomic E-state index is 12.7. The van der Waals surface area contributed by atoms with E-state index in [1.54, 1.807) is 4.90 Å². The van der Waals surface area contributed by atoms with E-state index in [0.717, 1.165) is 17.2 Å². The highest BCUT2D eigenvalue weighted by Gasteiger charge is 2.42. The van der Waals surface area contributed by atoms with Crippen LogP contribution in [0.5, 0.6) is 5.75 Å². The van der Waals surface area contributed by atoms with E-state index in [1.807, 2.05) is 30.3 Å². The van der Waals surface area contributed by atoms with Crippen molar-refractivity contribution in [3.05, 3.63) is 69.8 Å². The molecule has 0 radical (unpaired) electrons. The third-order valence-corrected chi connectivity index (χ3v) is 5.61. The number of amides is 3. The molecule has 4 rings (SSSR count). The molecular formula is C22H22N4O6. The normalized spacial score (nSPS) is 16.2. The smallest absolute Gasteiger partial charge is 0.282 e. The average Bonchev–Trinajstić information content (AvgIpc) is 3.05. The molecular weight excluding hydrogens is 416 g/mol. The van der Waals surface area contributed by atoms with Gasteiger partial charge in [0.15, 0.2) is 0 Å². The molecule has 0 aliphatic carbocycles. The van der Waals surface area contributed by atoms with E-state index in [2.05, 4.69) is 4.90 Å². The Morgan fingerprint density at radius 2 is 1.69 bits per heavy atom. The number of carbonyl (C=O) groups is 3. The van der Waals surface area contributed by atoms with Gasteiger partial charge in [-0.3, -0.25) is 34.3 Å². The van der Waals surface area contributed by atoms with Crippen molar-refractivity contribution in [2.24, 2.45) is 0 Å². The van der Waals surface area contributed by atoms with Crippen molar-refractivity contribution in [2.75, 3.05) is 45.9 Å². The number of hydrogen-bond acceptors (Lipinski definition) is 7. The summed E-state index contributed by atoms with van der Waals surface area (Å²) < 4.78 is 5.70. The van der Waals surface area contributed by atoms with Crippen molar-refractivity contribution in [3.63, 3.8) is 0 Å². The summed E-state index contributed by atoms with van der Waals surface area (Å²) in [7, 11) is 0. The van der Waals surface area contributed by atoms with Crippen molar-refractivity contribution in [1.29, 1.82) is 0 Å². The Morgan fingerprint density at radius 1 is 0.969 bits per heavy atom. The molecule has 166 valence electrons. The SMILES string of the molecule is O=C(CN1C(=O)c2cccc([N+](=O)[O-])c2C1=O)N1CCN(CCOc2ccccc2)CC1. The molecule has 0 spiro atoms. The molecule has 0 saturated carbocycles. The van der Waals surface area contributed by atoms with E-state index in [9.17, 15) is 24.5 Å².